The number of rotatable bonds is 6. The van der Waals surface area contributed by atoms with Crippen molar-refractivity contribution in [3.8, 4) is 22.8 Å². The molecule has 0 aliphatic rings. The summed E-state index contributed by atoms with van der Waals surface area (Å²) in [6, 6.07) is 12.2. The molecule has 1 heterocycles. The molecule has 0 bridgehead atoms. The average Bonchev–Trinajstić information content (AvgIpc) is 2.61. The molecule has 7 heteroatoms. The molecule has 2 aromatic carbocycles. The summed E-state index contributed by atoms with van der Waals surface area (Å²) >= 11 is 3.36. The van der Waals surface area contributed by atoms with Crippen LogP contribution in [0.1, 0.15) is 24.2 Å². The number of halogens is 1. The summed E-state index contributed by atoms with van der Waals surface area (Å²) in [6.07, 6.45) is 0. The van der Waals surface area contributed by atoms with Crippen molar-refractivity contribution in [2.75, 3.05) is 13.2 Å². The summed E-state index contributed by atoms with van der Waals surface area (Å²) in [5.74, 6) is 0.0249. The van der Waals surface area contributed by atoms with E-state index in [1.165, 1.54) is 6.07 Å². The van der Waals surface area contributed by atoms with Crippen LogP contribution in [0, 0.1) is 0 Å². The van der Waals surface area contributed by atoms with Crippen LogP contribution in [0.25, 0.3) is 22.2 Å². The second kappa shape index (κ2) is 10.00. The Hall–Kier alpha value is -0.964. The Morgan fingerprint density at radius 1 is 1.07 bits per heavy atom. The predicted molar refractivity (Wildman–Crippen MR) is 102 cm³/mol. The molecule has 0 fully saturated rings. The molecular weight excluding hydrogens is 437 g/mol. The Morgan fingerprint density at radius 3 is 2.48 bits per heavy atom. The number of pyridine rings is 1. The van der Waals surface area contributed by atoms with E-state index in [2.05, 4.69) is 20.9 Å². The van der Waals surface area contributed by atoms with Gasteiger partial charge in [0.25, 0.3) is 0 Å². The first-order chi connectivity index (χ1) is 12.5. The number of fused-ring (bicyclic) bond motifs is 1. The molecule has 134 valence electrons. The number of carbonyl (C=O) groups excluding carboxylic acids is 1. The molecule has 0 spiro atoms. The molecule has 0 radical (unpaired) electrons. The zero-order valence-electron chi connectivity index (χ0n) is 15.4. The van der Waals surface area contributed by atoms with Gasteiger partial charge in [0, 0.05) is 27.1 Å². The average molecular weight is 454 g/mol. The smallest absolute Gasteiger partial charge is 0.545 e. The van der Waals surface area contributed by atoms with Crippen LogP contribution < -0.4 is 66.0 Å². The Kier molecular flexibility index (Phi) is 8.27. The monoisotopic (exact) mass is 453 g/mol. The fourth-order valence-corrected chi connectivity index (χ4v) is 3.11. The maximum Gasteiger partial charge on any atom is 1.00 e. The minimum Gasteiger partial charge on any atom is -0.545 e. The van der Waals surface area contributed by atoms with Crippen molar-refractivity contribution < 1.29 is 70.8 Å². The number of ether oxygens (including phenoxy) is 2. The van der Waals surface area contributed by atoms with E-state index in [0.717, 1.165) is 4.47 Å². The Balaban J connectivity index is 0.00000261. The molecule has 0 atom stereocenters. The molecule has 0 saturated heterocycles. The second-order valence-electron chi connectivity index (χ2n) is 5.53. The number of carboxylic acid groups (broad SMARTS) is 1. The number of nitrogens with zero attached hydrogens (tertiary/aromatic N) is 1. The molecule has 3 rings (SSSR count). The molecule has 0 saturated carbocycles. The van der Waals surface area contributed by atoms with E-state index in [9.17, 15) is 9.90 Å². The molecular formula is C20H17BrKNO4. The Bertz CT molecular complexity index is 978. The van der Waals surface area contributed by atoms with Crippen molar-refractivity contribution >= 4 is 32.8 Å². The van der Waals surface area contributed by atoms with E-state index in [-0.39, 0.29) is 56.9 Å². The van der Waals surface area contributed by atoms with Crippen LogP contribution in [0.3, 0.4) is 0 Å². The summed E-state index contributed by atoms with van der Waals surface area (Å²) in [7, 11) is 0. The summed E-state index contributed by atoms with van der Waals surface area (Å²) < 4.78 is 12.0. The quantitative estimate of drug-likeness (QED) is 0.516. The van der Waals surface area contributed by atoms with Crippen LogP contribution in [0.2, 0.25) is 0 Å². The number of benzene rings is 2. The number of hydrogen-bond acceptors (Lipinski definition) is 5. The van der Waals surface area contributed by atoms with Crippen LogP contribution in [-0.2, 0) is 0 Å². The van der Waals surface area contributed by atoms with E-state index in [4.69, 9.17) is 9.47 Å². The molecule has 5 nitrogen and oxygen atoms in total. The summed E-state index contributed by atoms with van der Waals surface area (Å²) in [4.78, 5) is 16.3. The van der Waals surface area contributed by atoms with E-state index < -0.39 is 5.97 Å². The third-order valence-electron chi connectivity index (χ3n) is 3.83. The van der Waals surface area contributed by atoms with Gasteiger partial charge in [-0.25, -0.2) is 4.98 Å². The normalized spacial score (nSPS) is 10.3. The molecule has 0 amide bonds. The van der Waals surface area contributed by atoms with Gasteiger partial charge < -0.3 is 19.4 Å². The number of aromatic nitrogens is 1. The fourth-order valence-electron chi connectivity index (χ4n) is 2.75. The van der Waals surface area contributed by atoms with Gasteiger partial charge >= 0.3 is 51.4 Å². The molecule has 0 aliphatic carbocycles. The minimum absolute atomic E-state index is 0. The number of aromatic carboxylic acids is 1. The molecule has 0 unspecified atom stereocenters. The van der Waals surface area contributed by atoms with Crippen molar-refractivity contribution in [1.29, 1.82) is 0 Å². The van der Waals surface area contributed by atoms with E-state index in [0.29, 0.717) is 46.9 Å². The van der Waals surface area contributed by atoms with Crippen LogP contribution >= 0.6 is 15.9 Å². The summed E-state index contributed by atoms with van der Waals surface area (Å²) in [6.45, 7) is 4.80. The topological polar surface area (TPSA) is 71.5 Å². The van der Waals surface area contributed by atoms with E-state index >= 15 is 0 Å². The van der Waals surface area contributed by atoms with Gasteiger partial charge in [-0.1, -0.05) is 15.9 Å². The van der Waals surface area contributed by atoms with Gasteiger partial charge in [-0.05, 0) is 50.2 Å². The molecule has 27 heavy (non-hydrogen) atoms. The summed E-state index contributed by atoms with van der Waals surface area (Å²) in [5, 5.41) is 12.2. The standard InChI is InChI=1S/C20H18BrNO4.K/c1-3-25-13-6-7-14(19(10-13)26-4-2)18-11-16(20(23)24)15-9-12(21)5-8-17(15)22-18;/h5-11H,3-4H2,1-2H3,(H,23,24);/q;+1/p-1. The Morgan fingerprint density at radius 2 is 1.81 bits per heavy atom. The Labute approximate surface area is 208 Å². The van der Waals surface area contributed by atoms with E-state index in [1.807, 2.05) is 32.0 Å². The number of carboxylic acids is 1. The van der Waals surface area contributed by atoms with Gasteiger partial charge in [-0.2, -0.15) is 0 Å². The van der Waals surface area contributed by atoms with Crippen molar-refractivity contribution in [3.63, 3.8) is 0 Å². The van der Waals surface area contributed by atoms with Crippen LogP contribution in [-0.4, -0.2) is 24.2 Å². The maximum atomic E-state index is 11.7. The van der Waals surface area contributed by atoms with Crippen molar-refractivity contribution in [1.82, 2.24) is 4.98 Å². The fraction of sp³-hybridized carbons (Fsp3) is 0.200. The van der Waals surface area contributed by atoms with Crippen LogP contribution in [0.15, 0.2) is 46.9 Å². The molecule has 3 aromatic rings. The first-order valence-corrected chi connectivity index (χ1v) is 9.04. The zero-order chi connectivity index (χ0) is 18.7. The van der Waals surface area contributed by atoms with Gasteiger partial charge in [0.2, 0.25) is 0 Å². The van der Waals surface area contributed by atoms with Gasteiger partial charge in [0.05, 0.1) is 30.4 Å². The largest absolute Gasteiger partial charge is 1.00 e. The van der Waals surface area contributed by atoms with Gasteiger partial charge in [-0.3, -0.25) is 0 Å². The summed E-state index contributed by atoms with van der Waals surface area (Å²) in [5.41, 5.74) is 1.86. The predicted octanol–water partition coefficient (Wildman–Crippen LogP) is 0.829. The van der Waals surface area contributed by atoms with Gasteiger partial charge in [-0.15, -0.1) is 0 Å². The molecule has 0 aliphatic heterocycles. The second-order valence-corrected chi connectivity index (χ2v) is 6.44. The third-order valence-corrected chi connectivity index (χ3v) is 4.32. The van der Waals surface area contributed by atoms with E-state index in [1.54, 1.807) is 18.2 Å². The van der Waals surface area contributed by atoms with Gasteiger partial charge in [0.1, 0.15) is 11.5 Å². The molecule has 0 N–H and O–H groups in total. The molecule has 1 aromatic heterocycles. The van der Waals surface area contributed by atoms with Crippen molar-refractivity contribution in [2.45, 2.75) is 13.8 Å². The number of hydrogen-bond donors (Lipinski definition) is 0. The third kappa shape index (κ3) is 5.10. The maximum absolute atomic E-state index is 11.7. The van der Waals surface area contributed by atoms with Crippen LogP contribution in [0.4, 0.5) is 0 Å². The minimum atomic E-state index is -1.25. The zero-order valence-corrected chi connectivity index (χ0v) is 20.1. The first-order valence-electron chi connectivity index (χ1n) is 8.25. The van der Waals surface area contributed by atoms with Crippen LogP contribution in [0.5, 0.6) is 11.5 Å². The SMILES string of the molecule is CCOc1ccc(-c2cc(C(=O)[O-])c3cc(Br)ccc3n2)c(OCC)c1.[K+]. The first kappa shape index (κ1) is 22.3. The van der Waals surface area contributed by atoms with Crippen molar-refractivity contribution in [2.24, 2.45) is 0 Å². The van der Waals surface area contributed by atoms with Gasteiger partial charge in [0.15, 0.2) is 0 Å². The number of carbonyl (C=O) groups is 1. The van der Waals surface area contributed by atoms with Crippen molar-refractivity contribution in [3.05, 3.63) is 52.5 Å².